The molecular formula is C18H19ClN2O. The van der Waals surface area contributed by atoms with Crippen LogP contribution in [0.15, 0.2) is 24.3 Å². The molecule has 114 valence electrons. The largest absolute Gasteiger partial charge is 0.326 e. The summed E-state index contributed by atoms with van der Waals surface area (Å²) in [7, 11) is 0. The van der Waals surface area contributed by atoms with Gasteiger partial charge in [-0.05, 0) is 68.6 Å². The molecule has 1 amide bonds. The van der Waals surface area contributed by atoms with E-state index in [9.17, 15) is 4.79 Å². The standard InChI is InChI=1S/C18H19ClN2O/c19-18-8-13-4-14(9-18)7-17(6-13,11-18)16(22)21-15-3-1-2-12(5-15)10-20/h1-3,5,13-14H,4,6-9,11H2,(H,21,22)/t13-,14+,17?,18?. The van der Waals surface area contributed by atoms with Gasteiger partial charge in [-0.1, -0.05) is 6.07 Å². The van der Waals surface area contributed by atoms with Gasteiger partial charge in [-0.3, -0.25) is 4.79 Å². The van der Waals surface area contributed by atoms with Gasteiger partial charge in [0.25, 0.3) is 0 Å². The Kier molecular flexibility index (Phi) is 3.03. The van der Waals surface area contributed by atoms with E-state index in [1.807, 2.05) is 6.07 Å². The van der Waals surface area contributed by atoms with Crippen LogP contribution in [0.5, 0.6) is 0 Å². The van der Waals surface area contributed by atoms with Gasteiger partial charge in [-0.15, -0.1) is 11.6 Å². The van der Waals surface area contributed by atoms with E-state index in [1.165, 1.54) is 6.42 Å². The summed E-state index contributed by atoms with van der Waals surface area (Å²) in [5.74, 6) is 1.31. The number of hydrogen-bond donors (Lipinski definition) is 1. The van der Waals surface area contributed by atoms with E-state index >= 15 is 0 Å². The second-order valence-electron chi connectivity index (χ2n) is 7.54. The van der Waals surface area contributed by atoms with E-state index in [0.717, 1.165) is 32.1 Å². The molecule has 0 aromatic heterocycles. The first kappa shape index (κ1) is 14.1. The van der Waals surface area contributed by atoms with Crippen molar-refractivity contribution in [3.05, 3.63) is 29.8 Å². The van der Waals surface area contributed by atoms with E-state index in [-0.39, 0.29) is 16.2 Å². The molecule has 1 aromatic carbocycles. The minimum atomic E-state index is -0.297. The molecule has 3 nitrogen and oxygen atoms in total. The van der Waals surface area contributed by atoms with Crippen LogP contribution in [0.3, 0.4) is 0 Å². The summed E-state index contributed by atoms with van der Waals surface area (Å²) in [6.45, 7) is 0. The zero-order valence-electron chi connectivity index (χ0n) is 12.4. The summed E-state index contributed by atoms with van der Waals surface area (Å²) in [5, 5.41) is 12.0. The highest BCUT2D eigenvalue weighted by atomic mass is 35.5. The first-order chi connectivity index (χ1) is 10.5. The highest BCUT2D eigenvalue weighted by molar-refractivity contribution is 6.24. The lowest BCUT2D eigenvalue weighted by molar-refractivity contribution is -0.138. The van der Waals surface area contributed by atoms with Gasteiger partial charge >= 0.3 is 0 Å². The number of carbonyl (C=O) groups is 1. The van der Waals surface area contributed by atoms with Crippen LogP contribution in [-0.2, 0) is 4.79 Å². The summed E-state index contributed by atoms with van der Waals surface area (Å²) in [5.41, 5.74) is 0.981. The Bertz CT molecular complexity index is 664. The van der Waals surface area contributed by atoms with Crippen molar-refractivity contribution in [1.82, 2.24) is 0 Å². The lowest BCUT2D eigenvalue weighted by Gasteiger charge is -2.59. The maximum Gasteiger partial charge on any atom is 0.230 e. The fourth-order valence-corrected chi connectivity index (χ4v) is 6.04. The average molecular weight is 315 g/mol. The van der Waals surface area contributed by atoms with Crippen molar-refractivity contribution in [2.24, 2.45) is 17.3 Å². The molecule has 4 atom stereocenters. The molecule has 4 fully saturated rings. The van der Waals surface area contributed by atoms with Gasteiger partial charge in [0, 0.05) is 10.6 Å². The van der Waals surface area contributed by atoms with Crippen LogP contribution < -0.4 is 5.32 Å². The van der Waals surface area contributed by atoms with Crippen LogP contribution in [0.1, 0.15) is 44.1 Å². The molecule has 1 aromatic rings. The van der Waals surface area contributed by atoms with Crippen molar-refractivity contribution >= 4 is 23.2 Å². The molecule has 0 saturated heterocycles. The normalized spacial score (nSPS) is 38.5. The zero-order valence-corrected chi connectivity index (χ0v) is 13.2. The third-order valence-electron chi connectivity index (χ3n) is 5.72. The SMILES string of the molecule is N#Cc1cccc(NC(=O)C23C[C@@H]4C[C@@H](CC(Cl)(C4)C2)C3)c1. The summed E-state index contributed by atoms with van der Waals surface area (Å²) in [6.07, 6.45) is 6.14. The summed E-state index contributed by atoms with van der Waals surface area (Å²) < 4.78 is 0. The van der Waals surface area contributed by atoms with E-state index in [2.05, 4.69) is 11.4 Å². The first-order valence-corrected chi connectivity index (χ1v) is 8.39. The fourth-order valence-electron chi connectivity index (χ4n) is 5.35. The number of nitrogens with one attached hydrogen (secondary N) is 1. The van der Waals surface area contributed by atoms with Crippen LogP contribution in [0.2, 0.25) is 0 Å². The number of amides is 1. The number of alkyl halides is 1. The number of nitrogens with zero attached hydrogens (tertiary/aromatic N) is 1. The minimum Gasteiger partial charge on any atom is -0.326 e. The van der Waals surface area contributed by atoms with Crippen molar-refractivity contribution in [3.63, 3.8) is 0 Å². The maximum atomic E-state index is 13.0. The maximum absolute atomic E-state index is 13.0. The van der Waals surface area contributed by atoms with Gasteiger partial charge in [-0.2, -0.15) is 5.26 Å². The average Bonchev–Trinajstić information content (AvgIpc) is 2.45. The third kappa shape index (κ3) is 2.21. The molecule has 2 unspecified atom stereocenters. The van der Waals surface area contributed by atoms with Gasteiger partial charge in [0.1, 0.15) is 0 Å². The number of nitriles is 1. The lowest BCUT2D eigenvalue weighted by Crippen LogP contribution is -2.57. The molecule has 4 aliphatic rings. The molecule has 0 heterocycles. The van der Waals surface area contributed by atoms with Crippen LogP contribution in [0.25, 0.3) is 0 Å². The van der Waals surface area contributed by atoms with Crippen molar-refractivity contribution in [2.45, 2.75) is 43.4 Å². The highest BCUT2D eigenvalue weighted by Gasteiger charge is 2.60. The summed E-state index contributed by atoms with van der Waals surface area (Å²) >= 11 is 6.79. The van der Waals surface area contributed by atoms with Gasteiger partial charge in [0.15, 0.2) is 0 Å². The smallest absolute Gasteiger partial charge is 0.230 e. The van der Waals surface area contributed by atoms with E-state index < -0.39 is 0 Å². The molecule has 4 saturated carbocycles. The Balaban J connectivity index is 1.59. The van der Waals surface area contributed by atoms with E-state index in [1.54, 1.807) is 18.2 Å². The lowest BCUT2D eigenvalue weighted by atomic mass is 9.49. The van der Waals surface area contributed by atoms with Crippen molar-refractivity contribution in [1.29, 1.82) is 5.26 Å². The van der Waals surface area contributed by atoms with Crippen molar-refractivity contribution < 1.29 is 4.79 Å². The van der Waals surface area contributed by atoms with Crippen LogP contribution in [-0.4, -0.2) is 10.8 Å². The monoisotopic (exact) mass is 314 g/mol. The van der Waals surface area contributed by atoms with Crippen LogP contribution in [0.4, 0.5) is 5.69 Å². The van der Waals surface area contributed by atoms with Crippen LogP contribution >= 0.6 is 11.6 Å². The number of anilines is 1. The van der Waals surface area contributed by atoms with E-state index in [0.29, 0.717) is 23.1 Å². The van der Waals surface area contributed by atoms with Gasteiger partial charge in [0.2, 0.25) is 5.91 Å². The molecule has 4 bridgehead atoms. The minimum absolute atomic E-state index is 0.0988. The molecular weight excluding hydrogens is 296 g/mol. The van der Waals surface area contributed by atoms with Crippen LogP contribution in [0, 0.1) is 28.6 Å². The Morgan fingerprint density at radius 3 is 2.64 bits per heavy atom. The Morgan fingerprint density at radius 2 is 2.00 bits per heavy atom. The zero-order chi connectivity index (χ0) is 15.4. The Labute approximate surface area is 135 Å². The highest BCUT2D eigenvalue weighted by Crippen LogP contribution is 2.64. The first-order valence-electron chi connectivity index (χ1n) is 8.01. The quantitative estimate of drug-likeness (QED) is 0.836. The predicted octanol–water partition coefficient (Wildman–Crippen LogP) is 4.07. The molecule has 0 aliphatic heterocycles. The predicted molar refractivity (Wildman–Crippen MR) is 85.5 cm³/mol. The Morgan fingerprint density at radius 1 is 1.27 bits per heavy atom. The van der Waals surface area contributed by atoms with Gasteiger partial charge in [0.05, 0.1) is 17.0 Å². The molecule has 0 radical (unpaired) electrons. The van der Waals surface area contributed by atoms with Crippen molar-refractivity contribution in [3.8, 4) is 6.07 Å². The van der Waals surface area contributed by atoms with Gasteiger partial charge < -0.3 is 5.32 Å². The molecule has 4 heteroatoms. The topological polar surface area (TPSA) is 52.9 Å². The number of benzene rings is 1. The number of hydrogen-bond acceptors (Lipinski definition) is 2. The number of carbonyl (C=O) groups excluding carboxylic acids is 1. The second kappa shape index (κ2) is 4.73. The second-order valence-corrected chi connectivity index (χ2v) is 8.34. The molecule has 4 aliphatic carbocycles. The Hall–Kier alpha value is -1.53. The third-order valence-corrected chi connectivity index (χ3v) is 6.16. The van der Waals surface area contributed by atoms with E-state index in [4.69, 9.17) is 16.9 Å². The summed E-state index contributed by atoms with van der Waals surface area (Å²) in [6, 6.07) is 9.23. The molecule has 1 N–H and O–H groups in total. The summed E-state index contributed by atoms with van der Waals surface area (Å²) in [4.78, 5) is 12.8. The fraction of sp³-hybridized carbons (Fsp3) is 0.556. The van der Waals surface area contributed by atoms with Gasteiger partial charge in [-0.25, -0.2) is 0 Å². The van der Waals surface area contributed by atoms with Crippen molar-refractivity contribution in [2.75, 3.05) is 5.32 Å². The molecule has 22 heavy (non-hydrogen) atoms. The molecule has 5 rings (SSSR count). The number of rotatable bonds is 2. The molecule has 0 spiro atoms. The number of halogens is 1.